The molecule has 9 heteroatoms. The molecule has 0 saturated carbocycles. The second kappa shape index (κ2) is 6.08. The van der Waals surface area contributed by atoms with Gasteiger partial charge in [-0.25, -0.2) is 17.5 Å². The third-order valence-electron chi connectivity index (χ3n) is 3.15. The van der Waals surface area contributed by atoms with Gasteiger partial charge in [-0.05, 0) is 51.1 Å². The van der Waals surface area contributed by atoms with Crippen LogP contribution in [0.3, 0.4) is 0 Å². The summed E-state index contributed by atoms with van der Waals surface area (Å²) in [4.78, 5) is 2.88. The van der Waals surface area contributed by atoms with Crippen molar-refractivity contribution in [2.75, 3.05) is 0 Å². The van der Waals surface area contributed by atoms with E-state index in [0.717, 1.165) is 0 Å². The molecule has 132 valence electrons. The van der Waals surface area contributed by atoms with Crippen molar-refractivity contribution in [2.24, 2.45) is 0 Å². The topological polar surface area (TPSA) is 101 Å². The summed E-state index contributed by atoms with van der Waals surface area (Å²) in [6.45, 7) is 5.27. The van der Waals surface area contributed by atoms with Crippen molar-refractivity contribution >= 4 is 10.0 Å². The molecule has 0 aliphatic heterocycles. The zero-order valence-corrected chi connectivity index (χ0v) is 14.7. The maximum Gasteiger partial charge on any atom is 0.264 e. The van der Waals surface area contributed by atoms with E-state index in [2.05, 4.69) is 19.9 Å². The number of benzene rings is 1. The summed E-state index contributed by atoms with van der Waals surface area (Å²) in [6, 6.07) is 7.03. The minimum absolute atomic E-state index is 0.0685. The Morgan fingerprint density at radius 2 is 1.76 bits per heavy atom. The highest BCUT2D eigenvalue weighted by Crippen LogP contribution is 2.25. The number of nitrogens with one attached hydrogen (secondary N) is 2. The lowest BCUT2D eigenvalue weighted by Crippen LogP contribution is -2.40. The van der Waals surface area contributed by atoms with Crippen molar-refractivity contribution in [3.8, 4) is 23.0 Å². The van der Waals surface area contributed by atoms with E-state index >= 15 is 0 Å². The van der Waals surface area contributed by atoms with Gasteiger partial charge in [-0.2, -0.15) is 0 Å². The largest absolute Gasteiger partial charge is 0.415 e. The van der Waals surface area contributed by atoms with Crippen LogP contribution >= 0.6 is 0 Å². The molecule has 2 aromatic heterocycles. The SMILES string of the molecule is CC(C)(C)NS(=O)(=O)c1c[nH]c(-c2nnc(-c3ccc(F)cc3)o2)c1. The molecule has 1 aromatic carbocycles. The Kier molecular flexibility index (Phi) is 4.21. The van der Waals surface area contributed by atoms with Gasteiger partial charge in [0.25, 0.3) is 5.89 Å². The van der Waals surface area contributed by atoms with E-state index in [0.29, 0.717) is 11.3 Å². The first-order valence-corrected chi connectivity index (χ1v) is 8.95. The first-order valence-electron chi connectivity index (χ1n) is 7.46. The fraction of sp³-hybridized carbons (Fsp3) is 0.250. The van der Waals surface area contributed by atoms with E-state index in [9.17, 15) is 12.8 Å². The monoisotopic (exact) mass is 364 g/mol. The lowest BCUT2D eigenvalue weighted by Gasteiger charge is -2.19. The summed E-state index contributed by atoms with van der Waals surface area (Å²) in [5, 5.41) is 7.80. The molecule has 3 rings (SSSR count). The molecule has 2 heterocycles. The molecule has 0 amide bonds. The lowest BCUT2D eigenvalue weighted by molar-refractivity contribution is 0.491. The fourth-order valence-electron chi connectivity index (χ4n) is 2.16. The zero-order valence-electron chi connectivity index (χ0n) is 13.9. The Hall–Kier alpha value is -2.52. The maximum absolute atomic E-state index is 13.0. The van der Waals surface area contributed by atoms with E-state index in [1.54, 1.807) is 20.8 Å². The fourth-order valence-corrected chi connectivity index (χ4v) is 3.57. The highest BCUT2D eigenvalue weighted by Gasteiger charge is 2.24. The number of nitrogens with zero attached hydrogens (tertiary/aromatic N) is 2. The van der Waals surface area contributed by atoms with Crippen LogP contribution in [0.25, 0.3) is 23.0 Å². The number of H-pyrrole nitrogens is 1. The average molecular weight is 364 g/mol. The molecule has 25 heavy (non-hydrogen) atoms. The third-order valence-corrected chi connectivity index (χ3v) is 4.89. The van der Waals surface area contributed by atoms with Crippen molar-refractivity contribution in [3.05, 3.63) is 42.3 Å². The van der Waals surface area contributed by atoms with Crippen LogP contribution in [0.5, 0.6) is 0 Å². The van der Waals surface area contributed by atoms with E-state index in [1.807, 2.05) is 0 Å². The van der Waals surface area contributed by atoms with Gasteiger partial charge in [-0.15, -0.1) is 10.2 Å². The Balaban J connectivity index is 1.87. The first kappa shape index (κ1) is 17.3. The molecule has 0 spiro atoms. The van der Waals surface area contributed by atoms with Crippen LogP contribution < -0.4 is 4.72 Å². The number of sulfonamides is 1. The summed E-state index contributed by atoms with van der Waals surface area (Å²) >= 11 is 0. The maximum atomic E-state index is 13.0. The molecule has 0 radical (unpaired) electrons. The van der Waals surface area contributed by atoms with E-state index < -0.39 is 15.6 Å². The Morgan fingerprint density at radius 1 is 1.12 bits per heavy atom. The third kappa shape index (κ3) is 3.94. The molecule has 0 aliphatic rings. The predicted octanol–water partition coefficient (Wildman–Crippen LogP) is 2.95. The van der Waals surface area contributed by atoms with Crippen LogP contribution in [0.15, 0.2) is 45.8 Å². The van der Waals surface area contributed by atoms with Gasteiger partial charge in [0.1, 0.15) is 16.4 Å². The molecular weight excluding hydrogens is 347 g/mol. The van der Waals surface area contributed by atoms with Crippen molar-refractivity contribution in [2.45, 2.75) is 31.2 Å². The van der Waals surface area contributed by atoms with Crippen molar-refractivity contribution in [1.29, 1.82) is 0 Å². The Labute approximate surface area is 144 Å². The molecule has 0 atom stereocenters. The molecule has 0 saturated heterocycles. The van der Waals surface area contributed by atoms with Gasteiger partial charge < -0.3 is 9.40 Å². The van der Waals surface area contributed by atoms with Gasteiger partial charge in [0, 0.05) is 17.3 Å². The number of hydrogen-bond donors (Lipinski definition) is 2. The molecule has 3 aromatic rings. The highest BCUT2D eigenvalue weighted by atomic mass is 32.2. The van der Waals surface area contributed by atoms with Gasteiger partial charge in [0.05, 0.1) is 0 Å². The van der Waals surface area contributed by atoms with Crippen molar-refractivity contribution in [3.63, 3.8) is 0 Å². The van der Waals surface area contributed by atoms with E-state index in [4.69, 9.17) is 4.42 Å². The Bertz CT molecular complexity index is 985. The van der Waals surface area contributed by atoms with Crippen molar-refractivity contribution in [1.82, 2.24) is 19.9 Å². The van der Waals surface area contributed by atoms with Crippen LogP contribution in [-0.2, 0) is 10.0 Å². The van der Waals surface area contributed by atoms with Crippen LogP contribution in [0, 0.1) is 5.82 Å². The summed E-state index contributed by atoms with van der Waals surface area (Å²) in [7, 11) is -3.67. The molecule has 0 unspecified atom stereocenters. The number of hydrogen-bond acceptors (Lipinski definition) is 5. The van der Waals surface area contributed by atoms with Crippen LogP contribution in [0.1, 0.15) is 20.8 Å². The van der Waals surface area contributed by atoms with Gasteiger partial charge in [0.15, 0.2) is 0 Å². The minimum Gasteiger partial charge on any atom is -0.415 e. The molecular formula is C16H17FN4O3S. The molecule has 0 fully saturated rings. The summed E-state index contributed by atoms with van der Waals surface area (Å²) < 4.78 is 45.7. The number of rotatable bonds is 4. The molecule has 2 N–H and O–H groups in total. The van der Waals surface area contributed by atoms with Gasteiger partial charge in [-0.1, -0.05) is 0 Å². The quantitative estimate of drug-likeness (QED) is 0.741. The predicted molar refractivity (Wildman–Crippen MR) is 89.6 cm³/mol. The number of aromatic nitrogens is 3. The van der Waals surface area contributed by atoms with Crippen LogP contribution in [0.2, 0.25) is 0 Å². The lowest BCUT2D eigenvalue weighted by atomic mass is 10.1. The summed E-state index contributed by atoms with van der Waals surface area (Å²) in [5.41, 5.74) is 0.334. The molecule has 0 bridgehead atoms. The zero-order chi connectivity index (χ0) is 18.2. The van der Waals surface area contributed by atoms with Crippen molar-refractivity contribution < 1.29 is 17.2 Å². The standard InChI is InChI=1S/C16H17FN4O3S/c1-16(2,3)21-25(22,23)12-8-13(18-9-12)15-20-19-14(24-15)10-4-6-11(17)7-5-10/h4-9,18,21H,1-3H3. The average Bonchev–Trinajstić information content (AvgIpc) is 3.15. The number of aromatic amines is 1. The molecule has 7 nitrogen and oxygen atoms in total. The first-order chi connectivity index (χ1) is 11.6. The second-order valence-corrected chi connectivity index (χ2v) is 8.21. The highest BCUT2D eigenvalue weighted by molar-refractivity contribution is 7.89. The van der Waals surface area contributed by atoms with Gasteiger partial charge in [0.2, 0.25) is 15.9 Å². The van der Waals surface area contributed by atoms with Gasteiger partial charge >= 0.3 is 0 Å². The Morgan fingerprint density at radius 3 is 2.40 bits per heavy atom. The van der Waals surface area contributed by atoms with E-state index in [-0.39, 0.29) is 22.5 Å². The second-order valence-electron chi connectivity index (χ2n) is 6.52. The van der Waals surface area contributed by atoms with Gasteiger partial charge in [-0.3, -0.25) is 0 Å². The molecule has 0 aliphatic carbocycles. The minimum atomic E-state index is -3.67. The number of halogens is 1. The normalized spacial score (nSPS) is 12.5. The summed E-state index contributed by atoms with van der Waals surface area (Å²) in [6.07, 6.45) is 1.35. The summed E-state index contributed by atoms with van der Waals surface area (Å²) in [5.74, 6) is -0.0209. The van der Waals surface area contributed by atoms with Crippen LogP contribution in [0.4, 0.5) is 4.39 Å². The van der Waals surface area contributed by atoms with Crippen LogP contribution in [-0.4, -0.2) is 29.1 Å². The smallest absolute Gasteiger partial charge is 0.264 e. The van der Waals surface area contributed by atoms with E-state index in [1.165, 1.54) is 36.5 Å².